The van der Waals surface area contributed by atoms with Crippen LogP contribution in [0.3, 0.4) is 0 Å². The Morgan fingerprint density at radius 1 is 1.12 bits per heavy atom. The molecule has 0 fully saturated rings. The lowest BCUT2D eigenvalue weighted by Gasteiger charge is -2.10. The second kappa shape index (κ2) is 7.46. The summed E-state index contributed by atoms with van der Waals surface area (Å²) in [5, 5.41) is 2.72. The predicted molar refractivity (Wildman–Crippen MR) is 92.8 cm³/mol. The fourth-order valence-electron chi connectivity index (χ4n) is 2.21. The Balaban J connectivity index is 2.12. The molecule has 0 radical (unpaired) electrons. The maximum Gasteiger partial charge on any atom is 0.240 e. The molecule has 1 amide bonds. The van der Waals surface area contributed by atoms with Crippen molar-refractivity contribution in [3.05, 3.63) is 53.6 Å². The molecule has 0 aromatic heterocycles. The molecule has 128 valence electrons. The maximum atomic E-state index is 12.1. The van der Waals surface area contributed by atoms with Gasteiger partial charge in [0.1, 0.15) is 5.75 Å². The molecule has 0 aliphatic rings. The first-order chi connectivity index (χ1) is 11.4. The Labute approximate surface area is 141 Å². The van der Waals surface area contributed by atoms with Crippen molar-refractivity contribution in [2.24, 2.45) is 0 Å². The zero-order chi connectivity index (χ0) is 17.7. The Morgan fingerprint density at radius 3 is 2.38 bits per heavy atom. The van der Waals surface area contributed by atoms with E-state index in [1.54, 1.807) is 38.3 Å². The van der Waals surface area contributed by atoms with Gasteiger partial charge in [0.25, 0.3) is 0 Å². The third-order valence-electron chi connectivity index (χ3n) is 3.55. The van der Waals surface area contributed by atoms with Gasteiger partial charge in [0.05, 0.1) is 18.4 Å². The number of amides is 1. The highest BCUT2D eigenvalue weighted by molar-refractivity contribution is 7.89. The average Bonchev–Trinajstić information content (AvgIpc) is 2.57. The van der Waals surface area contributed by atoms with Crippen LogP contribution in [0.4, 0.5) is 5.69 Å². The molecule has 0 heterocycles. The van der Waals surface area contributed by atoms with Crippen LogP contribution >= 0.6 is 0 Å². The van der Waals surface area contributed by atoms with Gasteiger partial charge in [-0.2, -0.15) is 0 Å². The Kier molecular flexibility index (Phi) is 5.58. The summed E-state index contributed by atoms with van der Waals surface area (Å²) in [5.41, 5.74) is 1.88. The zero-order valence-corrected chi connectivity index (χ0v) is 14.6. The Morgan fingerprint density at radius 2 is 1.79 bits per heavy atom. The van der Waals surface area contributed by atoms with Crippen molar-refractivity contribution < 1.29 is 17.9 Å². The molecule has 0 saturated heterocycles. The van der Waals surface area contributed by atoms with Gasteiger partial charge in [0.15, 0.2) is 0 Å². The number of anilines is 1. The standard InChI is InChI=1S/C17H20N2O4S/c1-12-4-7-14(11-16(12)24(21,22)18-2)19-17(20)10-13-5-8-15(23-3)9-6-13/h4-9,11,18H,10H2,1-3H3,(H,19,20). The Bertz CT molecular complexity index is 830. The van der Waals surface area contributed by atoms with E-state index in [1.807, 2.05) is 12.1 Å². The fraction of sp³-hybridized carbons (Fsp3) is 0.235. The topological polar surface area (TPSA) is 84.5 Å². The lowest BCUT2D eigenvalue weighted by Crippen LogP contribution is -2.20. The normalized spacial score (nSPS) is 11.1. The molecule has 2 aromatic carbocycles. The highest BCUT2D eigenvalue weighted by Crippen LogP contribution is 2.20. The van der Waals surface area contributed by atoms with E-state index in [0.717, 1.165) is 11.3 Å². The summed E-state index contributed by atoms with van der Waals surface area (Å²) in [7, 11) is -0.639. The fourth-order valence-corrected chi connectivity index (χ4v) is 3.21. The molecule has 24 heavy (non-hydrogen) atoms. The summed E-state index contributed by atoms with van der Waals surface area (Å²) >= 11 is 0. The van der Waals surface area contributed by atoms with Gasteiger partial charge < -0.3 is 10.1 Å². The van der Waals surface area contributed by atoms with Gasteiger partial charge in [-0.1, -0.05) is 18.2 Å². The highest BCUT2D eigenvalue weighted by Gasteiger charge is 2.15. The van der Waals surface area contributed by atoms with Crippen LogP contribution in [-0.4, -0.2) is 28.5 Å². The number of hydrogen-bond donors (Lipinski definition) is 2. The third-order valence-corrected chi connectivity index (χ3v) is 5.11. The van der Waals surface area contributed by atoms with Crippen LogP contribution in [-0.2, 0) is 21.2 Å². The molecule has 0 unspecified atom stereocenters. The van der Waals surface area contributed by atoms with Gasteiger partial charge in [-0.15, -0.1) is 0 Å². The molecule has 0 bridgehead atoms. The minimum Gasteiger partial charge on any atom is -0.497 e. The SMILES string of the molecule is CNS(=O)(=O)c1cc(NC(=O)Cc2ccc(OC)cc2)ccc1C. The molecule has 0 atom stereocenters. The van der Waals surface area contributed by atoms with E-state index in [-0.39, 0.29) is 17.2 Å². The van der Waals surface area contributed by atoms with E-state index in [9.17, 15) is 13.2 Å². The van der Waals surface area contributed by atoms with Crippen LogP contribution in [0.15, 0.2) is 47.4 Å². The first kappa shape index (κ1) is 18.0. The van der Waals surface area contributed by atoms with Crippen LogP contribution in [0.5, 0.6) is 5.75 Å². The van der Waals surface area contributed by atoms with Crippen molar-refractivity contribution in [1.29, 1.82) is 0 Å². The van der Waals surface area contributed by atoms with Crippen molar-refractivity contribution in [2.45, 2.75) is 18.2 Å². The molecule has 2 aromatic rings. The maximum absolute atomic E-state index is 12.1. The van der Waals surface area contributed by atoms with Gasteiger partial charge >= 0.3 is 0 Å². The molecule has 7 heteroatoms. The number of rotatable bonds is 6. The largest absolute Gasteiger partial charge is 0.497 e. The highest BCUT2D eigenvalue weighted by atomic mass is 32.2. The van der Waals surface area contributed by atoms with Crippen LogP contribution < -0.4 is 14.8 Å². The Hall–Kier alpha value is -2.38. The molecular formula is C17H20N2O4S. The zero-order valence-electron chi connectivity index (χ0n) is 13.8. The molecule has 2 N–H and O–H groups in total. The van der Waals surface area contributed by atoms with Crippen LogP contribution in [0.1, 0.15) is 11.1 Å². The second-order valence-electron chi connectivity index (χ2n) is 5.26. The number of carbonyl (C=O) groups is 1. The lowest BCUT2D eigenvalue weighted by molar-refractivity contribution is -0.115. The van der Waals surface area contributed by atoms with Crippen molar-refractivity contribution in [3.8, 4) is 5.75 Å². The number of benzene rings is 2. The minimum absolute atomic E-state index is 0.146. The van der Waals surface area contributed by atoms with Crippen LogP contribution in [0, 0.1) is 6.92 Å². The molecule has 0 aliphatic heterocycles. The van der Waals surface area contributed by atoms with Gasteiger partial charge in [0.2, 0.25) is 15.9 Å². The number of ether oxygens (including phenoxy) is 1. The third kappa shape index (κ3) is 4.33. The molecule has 2 rings (SSSR count). The van der Waals surface area contributed by atoms with Crippen molar-refractivity contribution in [3.63, 3.8) is 0 Å². The molecular weight excluding hydrogens is 328 g/mol. The predicted octanol–water partition coefficient (Wildman–Crippen LogP) is 2.09. The average molecular weight is 348 g/mol. The first-order valence-corrected chi connectivity index (χ1v) is 8.81. The number of sulfonamides is 1. The second-order valence-corrected chi connectivity index (χ2v) is 7.12. The summed E-state index contributed by atoms with van der Waals surface area (Å²) < 4.78 is 31.3. The summed E-state index contributed by atoms with van der Waals surface area (Å²) in [6.07, 6.45) is 0.186. The summed E-state index contributed by atoms with van der Waals surface area (Å²) in [4.78, 5) is 12.3. The molecule has 0 spiro atoms. The van der Waals surface area contributed by atoms with Gasteiger partial charge in [-0.25, -0.2) is 13.1 Å². The minimum atomic E-state index is -3.57. The van der Waals surface area contributed by atoms with Crippen molar-refractivity contribution in [2.75, 3.05) is 19.5 Å². The number of nitrogens with one attached hydrogen (secondary N) is 2. The lowest BCUT2D eigenvalue weighted by atomic mass is 10.1. The van der Waals surface area contributed by atoms with Crippen molar-refractivity contribution in [1.82, 2.24) is 4.72 Å². The number of hydrogen-bond acceptors (Lipinski definition) is 4. The summed E-state index contributed by atoms with van der Waals surface area (Å²) in [6.45, 7) is 1.70. The van der Waals surface area contributed by atoms with E-state index in [0.29, 0.717) is 11.3 Å². The van der Waals surface area contributed by atoms with E-state index in [2.05, 4.69) is 10.0 Å². The van der Waals surface area contributed by atoms with E-state index < -0.39 is 10.0 Å². The number of methoxy groups -OCH3 is 1. The van der Waals surface area contributed by atoms with Gasteiger partial charge in [-0.3, -0.25) is 4.79 Å². The van der Waals surface area contributed by atoms with E-state index in [1.165, 1.54) is 13.1 Å². The number of carbonyl (C=O) groups excluding carboxylic acids is 1. The quantitative estimate of drug-likeness (QED) is 0.837. The first-order valence-electron chi connectivity index (χ1n) is 7.32. The van der Waals surface area contributed by atoms with Gasteiger partial charge in [0, 0.05) is 5.69 Å². The molecule has 0 aliphatic carbocycles. The molecule has 0 saturated carbocycles. The summed E-state index contributed by atoms with van der Waals surface area (Å²) in [6, 6.07) is 12.0. The van der Waals surface area contributed by atoms with Crippen LogP contribution in [0.2, 0.25) is 0 Å². The number of aryl methyl sites for hydroxylation is 1. The van der Waals surface area contributed by atoms with Crippen molar-refractivity contribution >= 4 is 21.6 Å². The monoisotopic (exact) mass is 348 g/mol. The van der Waals surface area contributed by atoms with Crippen LogP contribution in [0.25, 0.3) is 0 Å². The smallest absolute Gasteiger partial charge is 0.240 e. The van der Waals surface area contributed by atoms with Gasteiger partial charge in [-0.05, 0) is 49.4 Å². The van der Waals surface area contributed by atoms with E-state index >= 15 is 0 Å². The van der Waals surface area contributed by atoms with E-state index in [4.69, 9.17) is 4.74 Å². The molecule has 6 nitrogen and oxygen atoms in total. The summed E-state index contributed by atoms with van der Waals surface area (Å²) in [5.74, 6) is 0.497.